The van der Waals surface area contributed by atoms with Crippen molar-refractivity contribution in [1.29, 1.82) is 0 Å². The van der Waals surface area contributed by atoms with Crippen LogP contribution in [0.15, 0.2) is 11.4 Å². The van der Waals surface area contributed by atoms with Crippen LogP contribution in [0.25, 0.3) is 0 Å². The number of morpholine rings is 1. The first-order valence-electron chi connectivity index (χ1n) is 6.29. The zero-order valence-corrected chi connectivity index (χ0v) is 11.5. The number of thiophene rings is 1. The molecule has 0 radical (unpaired) electrons. The van der Waals surface area contributed by atoms with Gasteiger partial charge in [-0.25, -0.2) is 0 Å². The van der Waals surface area contributed by atoms with Gasteiger partial charge in [0.2, 0.25) is 0 Å². The topological polar surface area (TPSA) is 32.7 Å². The Morgan fingerprint density at radius 1 is 1.61 bits per heavy atom. The second-order valence-electron chi connectivity index (χ2n) is 4.49. The van der Waals surface area contributed by atoms with E-state index in [4.69, 9.17) is 9.84 Å². The summed E-state index contributed by atoms with van der Waals surface area (Å²) in [6.07, 6.45) is 0.883. The van der Waals surface area contributed by atoms with Crippen molar-refractivity contribution in [2.24, 2.45) is 0 Å². The molecule has 1 aromatic rings. The van der Waals surface area contributed by atoms with Crippen molar-refractivity contribution in [2.45, 2.75) is 26.0 Å². The standard InChI is InChI=1S/C14H19NO2S/c1-12-9-15(5-7-17-12)10-14-8-13(11-18-14)4-2-3-6-16/h8,11-12,16H,3,5-7,9-10H2,1H3. The number of hydrogen-bond acceptors (Lipinski definition) is 4. The fourth-order valence-electron chi connectivity index (χ4n) is 2.00. The lowest BCUT2D eigenvalue weighted by Gasteiger charge is -2.30. The van der Waals surface area contributed by atoms with Crippen LogP contribution in [0.5, 0.6) is 0 Å². The minimum Gasteiger partial charge on any atom is -0.395 e. The highest BCUT2D eigenvalue weighted by molar-refractivity contribution is 7.10. The van der Waals surface area contributed by atoms with Crippen molar-refractivity contribution in [2.75, 3.05) is 26.3 Å². The van der Waals surface area contributed by atoms with Gasteiger partial charge in [0.25, 0.3) is 0 Å². The molecule has 1 aliphatic heterocycles. The van der Waals surface area contributed by atoms with Gasteiger partial charge in [-0.3, -0.25) is 4.90 Å². The van der Waals surface area contributed by atoms with E-state index < -0.39 is 0 Å². The fraction of sp³-hybridized carbons (Fsp3) is 0.571. The number of aliphatic hydroxyl groups excluding tert-OH is 1. The lowest BCUT2D eigenvalue weighted by molar-refractivity contribution is -0.0208. The first-order valence-corrected chi connectivity index (χ1v) is 7.17. The second-order valence-corrected chi connectivity index (χ2v) is 5.49. The molecule has 1 atom stereocenters. The molecule has 1 fully saturated rings. The molecule has 98 valence electrons. The van der Waals surface area contributed by atoms with E-state index in [0.29, 0.717) is 12.5 Å². The van der Waals surface area contributed by atoms with Crippen LogP contribution in [0.3, 0.4) is 0 Å². The molecule has 0 saturated carbocycles. The number of aliphatic hydroxyl groups is 1. The number of hydrogen-bond donors (Lipinski definition) is 1. The van der Waals surface area contributed by atoms with E-state index in [9.17, 15) is 0 Å². The summed E-state index contributed by atoms with van der Waals surface area (Å²) in [5.41, 5.74) is 1.06. The average molecular weight is 265 g/mol. The third-order valence-corrected chi connectivity index (χ3v) is 3.75. The van der Waals surface area contributed by atoms with E-state index in [-0.39, 0.29) is 6.61 Å². The Bertz CT molecular complexity index is 432. The predicted octanol–water partition coefficient (Wildman–Crippen LogP) is 1.70. The Kier molecular flexibility index (Phi) is 5.21. The average Bonchev–Trinajstić information content (AvgIpc) is 2.77. The van der Waals surface area contributed by atoms with Gasteiger partial charge in [0.1, 0.15) is 0 Å². The van der Waals surface area contributed by atoms with Gasteiger partial charge in [0.05, 0.1) is 19.3 Å². The van der Waals surface area contributed by atoms with Crippen LogP contribution >= 0.6 is 11.3 Å². The largest absolute Gasteiger partial charge is 0.395 e. The molecule has 1 N–H and O–H groups in total. The lowest BCUT2D eigenvalue weighted by atomic mass is 10.2. The van der Waals surface area contributed by atoms with Crippen LogP contribution < -0.4 is 0 Å². The Balaban J connectivity index is 1.88. The normalized spacial score (nSPS) is 20.4. The predicted molar refractivity (Wildman–Crippen MR) is 73.6 cm³/mol. The molecular weight excluding hydrogens is 246 g/mol. The van der Waals surface area contributed by atoms with Crippen molar-refractivity contribution in [3.05, 3.63) is 21.9 Å². The van der Waals surface area contributed by atoms with Gasteiger partial charge in [0, 0.05) is 41.9 Å². The van der Waals surface area contributed by atoms with Gasteiger partial charge in [0.15, 0.2) is 0 Å². The molecule has 1 aliphatic rings. The highest BCUT2D eigenvalue weighted by Gasteiger charge is 2.16. The van der Waals surface area contributed by atoms with E-state index in [1.165, 1.54) is 4.88 Å². The van der Waals surface area contributed by atoms with Crippen LogP contribution in [-0.4, -0.2) is 42.4 Å². The quantitative estimate of drug-likeness (QED) is 0.844. The summed E-state index contributed by atoms with van der Waals surface area (Å²) in [7, 11) is 0. The molecule has 0 spiro atoms. The minimum atomic E-state index is 0.135. The van der Waals surface area contributed by atoms with E-state index in [1.807, 2.05) is 0 Å². The molecule has 0 aromatic carbocycles. The van der Waals surface area contributed by atoms with Gasteiger partial charge < -0.3 is 9.84 Å². The molecule has 4 heteroatoms. The van der Waals surface area contributed by atoms with Crippen LogP contribution in [0.2, 0.25) is 0 Å². The van der Waals surface area contributed by atoms with Gasteiger partial charge >= 0.3 is 0 Å². The zero-order chi connectivity index (χ0) is 12.8. The van der Waals surface area contributed by atoms with Crippen LogP contribution in [-0.2, 0) is 11.3 Å². The molecule has 2 rings (SSSR count). The van der Waals surface area contributed by atoms with E-state index in [1.54, 1.807) is 11.3 Å². The second kappa shape index (κ2) is 6.91. The maximum absolute atomic E-state index is 8.67. The summed E-state index contributed by atoms with van der Waals surface area (Å²) in [5.74, 6) is 6.02. The van der Waals surface area contributed by atoms with Crippen molar-refractivity contribution in [3.63, 3.8) is 0 Å². The van der Waals surface area contributed by atoms with Crippen molar-refractivity contribution in [3.8, 4) is 11.8 Å². The maximum atomic E-state index is 8.67. The summed E-state index contributed by atoms with van der Waals surface area (Å²) >= 11 is 1.75. The minimum absolute atomic E-state index is 0.135. The smallest absolute Gasteiger partial charge is 0.0674 e. The fourth-order valence-corrected chi connectivity index (χ4v) is 2.86. The highest BCUT2D eigenvalue weighted by Crippen LogP contribution is 2.17. The van der Waals surface area contributed by atoms with E-state index in [2.05, 4.69) is 35.1 Å². The molecule has 2 heterocycles. The summed E-state index contributed by atoms with van der Waals surface area (Å²) < 4.78 is 5.53. The van der Waals surface area contributed by atoms with Gasteiger partial charge in [-0.05, 0) is 13.0 Å². The number of nitrogens with zero attached hydrogens (tertiary/aromatic N) is 1. The molecule has 18 heavy (non-hydrogen) atoms. The van der Waals surface area contributed by atoms with E-state index >= 15 is 0 Å². The molecule has 0 bridgehead atoms. The van der Waals surface area contributed by atoms with Crippen molar-refractivity contribution in [1.82, 2.24) is 4.90 Å². The number of ether oxygens (including phenoxy) is 1. The lowest BCUT2D eigenvalue weighted by Crippen LogP contribution is -2.40. The first kappa shape index (κ1) is 13.6. The highest BCUT2D eigenvalue weighted by atomic mass is 32.1. The van der Waals surface area contributed by atoms with Crippen molar-refractivity contribution < 1.29 is 9.84 Å². The Hall–Kier alpha value is -0.860. The molecule has 0 aliphatic carbocycles. The van der Waals surface area contributed by atoms with Gasteiger partial charge in [-0.2, -0.15) is 0 Å². The Labute approximate surface area is 112 Å². The van der Waals surface area contributed by atoms with Crippen LogP contribution in [0.4, 0.5) is 0 Å². The molecule has 1 saturated heterocycles. The third kappa shape index (κ3) is 4.11. The summed E-state index contributed by atoms with van der Waals surface area (Å²) in [6, 6.07) is 2.15. The zero-order valence-electron chi connectivity index (χ0n) is 10.7. The maximum Gasteiger partial charge on any atom is 0.0674 e. The molecule has 1 unspecified atom stereocenters. The Morgan fingerprint density at radius 3 is 3.28 bits per heavy atom. The first-order chi connectivity index (χ1) is 8.78. The monoisotopic (exact) mass is 265 g/mol. The Morgan fingerprint density at radius 2 is 2.50 bits per heavy atom. The summed E-state index contributed by atoms with van der Waals surface area (Å²) in [5, 5.41) is 10.8. The SMILES string of the molecule is CC1CN(Cc2cc(C#CCCO)cs2)CCO1. The van der Waals surface area contributed by atoms with Crippen molar-refractivity contribution >= 4 is 11.3 Å². The molecule has 1 aromatic heterocycles. The third-order valence-electron chi connectivity index (χ3n) is 2.83. The van der Waals surface area contributed by atoms with E-state index in [0.717, 1.165) is 31.8 Å². The molecular formula is C14H19NO2S. The van der Waals surface area contributed by atoms with Gasteiger partial charge in [-0.15, -0.1) is 11.3 Å². The van der Waals surface area contributed by atoms with Crippen LogP contribution in [0.1, 0.15) is 23.8 Å². The molecule has 3 nitrogen and oxygen atoms in total. The number of rotatable bonds is 3. The van der Waals surface area contributed by atoms with Gasteiger partial charge in [-0.1, -0.05) is 11.8 Å². The summed E-state index contributed by atoms with van der Waals surface area (Å²) in [6.45, 7) is 6.08. The molecule has 0 amide bonds. The summed E-state index contributed by atoms with van der Waals surface area (Å²) in [4.78, 5) is 3.77. The van der Waals surface area contributed by atoms with Crippen LogP contribution in [0, 0.1) is 11.8 Å².